The minimum absolute atomic E-state index is 0.196. The van der Waals surface area contributed by atoms with Crippen LogP contribution >= 0.6 is 0 Å². The highest BCUT2D eigenvalue weighted by molar-refractivity contribution is 5.75. The number of carbonyl (C=O) groups is 1. The van der Waals surface area contributed by atoms with E-state index in [0.29, 0.717) is 19.1 Å². The third-order valence-corrected chi connectivity index (χ3v) is 1.98. The molecular weight excluding hydrogens is 156 g/mol. The Morgan fingerprint density at radius 3 is 2.75 bits per heavy atom. The average molecular weight is 172 g/mol. The van der Waals surface area contributed by atoms with Crippen molar-refractivity contribution in [2.75, 3.05) is 19.8 Å². The van der Waals surface area contributed by atoms with Crippen LogP contribution in [-0.4, -0.2) is 31.7 Å². The minimum Gasteiger partial charge on any atom is -0.381 e. The summed E-state index contributed by atoms with van der Waals surface area (Å²) in [6.45, 7) is 3.75. The summed E-state index contributed by atoms with van der Waals surface area (Å²) < 4.78 is 10.7. The Morgan fingerprint density at radius 1 is 1.50 bits per heavy atom. The number of ketones is 1. The number of Topliss-reactive ketones (excluding diaryl/α,β-unsaturated/α-hetero) is 1. The van der Waals surface area contributed by atoms with Gasteiger partial charge in [-0.3, -0.25) is 4.79 Å². The van der Waals surface area contributed by atoms with Crippen LogP contribution in [0.2, 0.25) is 0 Å². The predicted octanol–water partition coefficient (Wildman–Crippen LogP) is 1.16. The van der Waals surface area contributed by atoms with E-state index < -0.39 is 0 Å². The second kappa shape index (κ2) is 5.27. The van der Waals surface area contributed by atoms with Gasteiger partial charge >= 0.3 is 0 Å². The zero-order valence-corrected chi connectivity index (χ0v) is 7.54. The molecule has 0 bridgehead atoms. The van der Waals surface area contributed by atoms with E-state index in [1.165, 1.54) is 0 Å². The molecule has 1 aliphatic heterocycles. The second-order valence-electron chi connectivity index (χ2n) is 3.13. The molecule has 0 N–H and O–H groups in total. The van der Waals surface area contributed by atoms with Gasteiger partial charge < -0.3 is 9.47 Å². The first kappa shape index (κ1) is 9.68. The van der Waals surface area contributed by atoms with Crippen LogP contribution < -0.4 is 0 Å². The van der Waals surface area contributed by atoms with Crippen molar-refractivity contribution >= 4 is 5.78 Å². The third kappa shape index (κ3) is 3.83. The Morgan fingerprint density at radius 2 is 2.17 bits per heavy atom. The number of rotatable bonds is 4. The van der Waals surface area contributed by atoms with Crippen LogP contribution in [0.5, 0.6) is 0 Å². The van der Waals surface area contributed by atoms with Gasteiger partial charge in [-0.1, -0.05) is 0 Å². The van der Waals surface area contributed by atoms with E-state index in [1.54, 1.807) is 6.92 Å². The lowest BCUT2D eigenvalue weighted by Crippen LogP contribution is -2.24. The molecular formula is C9H16O3. The fraction of sp³-hybridized carbons (Fsp3) is 0.889. The van der Waals surface area contributed by atoms with Crippen molar-refractivity contribution in [3.05, 3.63) is 0 Å². The molecule has 0 unspecified atom stereocenters. The van der Waals surface area contributed by atoms with Crippen molar-refractivity contribution in [1.82, 2.24) is 0 Å². The molecule has 0 aromatic heterocycles. The molecule has 0 saturated carbocycles. The van der Waals surface area contributed by atoms with Gasteiger partial charge in [0.2, 0.25) is 0 Å². The number of hydrogen-bond acceptors (Lipinski definition) is 3. The van der Waals surface area contributed by atoms with Gasteiger partial charge in [-0.05, 0) is 19.8 Å². The van der Waals surface area contributed by atoms with Crippen LogP contribution in [0.1, 0.15) is 26.2 Å². The molecule has 0 atom stereocenters. The van der Waals surface area contributed by atoms with Crippen LogP contribution in [0.25, 0.3) is 0 Å². The Balaban J connectivity index is 2.01. The van der Waals surface area contributed by atoms with Crippen LogP contribution in [0.4, 0.5) is 0 Å². The molecule has 0 aromatic rings. The van der Waals surface area contributed by atoms with Crippen LogP contribution in [-0.2, 0) is 14.3 Å². The Labute approximate surface area is 73.0 Å². The van der Waals surface area contributed by atoms with Crippen molar-refractivity contribution in [2.45, 2.75) is 32.3 Å². The van der Waals surface area contributed by atoms with E-state index in [-0.39, 0.29) is 5.78 Å². The Kier molecular flexibility index (Phi) is 4.25. The summed E-state index contributed by atoms with van der Waals surface area (Å²) in [6.07, 6.45) is 2.80. The summed E-state index contributed by atoms with van der Waals surface area (Å²) in [6, 6.07) is 0. The van der Waals surface area contributed by atoms with Crippen molar-refractivity contribution in [1.29, 1.82) is 0 Å². The normalized spacial score (nSPS) is 19.4. The van der Waals surface area contributed by atoms with Crippen LogP contribution in [0.15, 0.2) is 0 Å². The maximum atomic E-state index is 10.6. The quantitative estimate of drug-likeness (QED) is 0.638. The third-order valence-electron chi connectivity index (χ3n) is 1.98. The monoisotopic (exact) mass is 172 g/mol. The molecule has 3 nitrogen and oxygen atoms in total. The summed E-state index contributed by atoms with van der Waals surface area (Å²) in [7, 11) is 0. The molecule has 1 heterocycles. The van der Waals surface area contributed by atoms with E-state index in [9.17, 15) is 4.79 Å². The molecule has 0 spiro atoms. The van der Waals surface area contributed by atoms with Gasteiger partial charge in [-0.15, -0.1) is 0 Å². The highest BCUT2D eigenvalue weighted by Crippen LogP contribution is 2.10. The first-order valence-electron chi connectivity index (χ1n) is 4.48. The zero-order valence-electron chi connectivity index (χ0n) is 7.54. The second-order valence-corrected chi connectivity index (χ2v) is 3.13. The molecule has 1 aliphatic rings. The highest BCUT2D eigenvalue weighted by atomic mass is 16.5. The summed E-state index contributed by atoms with van der Waals surface area (Å²) in [5.74, 6) is 0.196. The molecule has 0 aliphatic carbocycles. The lowest BCUT2D eigenvalue weighted by molar-refractivity contribution is -0.119. The van der Waals surface area contributed by atoms with Gasteiger partial charge in [-0.2, -0.15) is 0 Å². The maximum absolute atomic E-state index is 10.6. The lowest BCUT2D eigenvalue weighted by Gasteiger charge is -2.21. The molecule has 12 heavy (non-hydrogen) atoms. The molecule has 0 amide bonds. The lowest BCUT2D eigenvalue weighted by atomic mass is 10.1. The van der Waals surface area contributed by atoms with Crippen molar-refractivity contribution in [3.8, 4) is 0 Å². The van der Waals surface area contributed by atoms with Crippen molar-refractivity contribution in [2.24, 2.45) is 0 Å². The smallest absolute Gasteiger partial charge is 0.132 e. The Hall–Kier alpha value is -0.410. The zero-order chi connectivity index (χ0) is 8.81. The number of hydrogen-bond donors (Lipinski definition) is 0. The molecule has 3 heteroatoms. The van der Waals surface area contributed by atoms with Gasteiger partial charge in [0, 0.05) is 19.6 Å². The molecule has 0 aromatic carbocycles. The number of carbonyl (C=O) groups excluding carboxylic acids is 1. The summed E-state index contributed by atoms with van der Waals surface area (Å²) in [5, 5.41) is 0. The molecule has 1 fully saturated rings. The van der Waals surface area contributed by atoms with Gasteiger partial charge in [0.15, 0.2) is 0 Å². The van der Waals surface area contributed by atoms with Crippen LogP contribution in [0, 0.1) is 0 Å². The van der Waals surface area contributed by atoms with Gasteiger partial charge in [0.1, 0.15) is 5.78 Å². The fourth-order valence-corrected chi connectivity index (χ4v) is 1.21. The molecule has 1 rings (SSSR count). The van der Waals surface area contributed by atoms with E-state index in [1.807, 2.05) is 0 Å². The first-order valence-corrected chi connectivity index (χ1v) is 4.48. The average Bonchev–Trinajstić information content (AvgIpc) is 2.05. The molecule has 1 saturated heterocycles. The molecule has 0 radical (unpaired) electrons. The fourth-order valence-electron chi connectivity index (χ4n) is 1.21. The van der Waals surface area contributed by atoms with Crippen LogP contribution in [0.3, 0.4) is 0 Å². The van der Waals surface area contributed by atoms with E-state index >= 15 is 0 Å². The Bertz CT molecular complexity index is 139. The van der Waals surface area contributed by atoms with E-state index in [2.05, 4.69) is 0 Å². The van der Waals surface area contributed by atoms with Crippen molar-refractivity contribution < 1.29 is 14.3 Å². The topological polar surface area (TPSA) is 35.5 Å². The van der Waals surface area contributed by atoms with Crippen molar-refractivity contribution in [3.63, 3.8) is 0 Å². The molecule has 70 valence electrons. The maximum Gasteiger partial charge on any atom is 0.132 e. The van der Waals surface area contributed by atoms with Gasteiger partial charge in [0.05, 0.1) is 12.7 Å². The van der Waals surface area contributed by atoms with E-state index in [4.69, 9.17) is 9.47 Å². The first-order chi connectivity index (χ1) is 5.79. The largest absolute Gasteiger partial charge is 0.381 e. The predicted molar refractivity (Wildman–Crippen MR) is 45.1 cm³/mol. The summed E-state index contributed by atoms with van der Waals surface area (Å²) >= 11 is 0. The standard InChI is InChI=1S/C9H16O3/c1-8(10)2-7-12-9-3-5-11-6-4-9/h9H,2-7H2,1H3. The number of ether oxygens (including phenoxy) is 2. The SMILES string of the molecule is CC(=O)CCOC1CCOCC1. The minimum atomic E-state index is 0.196. The summed E-state index contributed by atoms with van der Waals surface area (Å²) in [4.78, 5) is 10.6. The van der Waals surface area contributed by atoms with Gasteiger partial charge in [0.25, 0.3) is 0 Å². The summed E-state index contributed by atoms with van der Waals surface area (Å²) in [5.41, 5.74) is 0. The van der Waals surface area contributed by atoms with Gasteiger partial charge in [-0.25, -0.2) is 0 Å². The van der Waals surface area contributed by atoms with E-state index in [0.717, 1.165) is 26.1 Å². The highest BCUT2D eigenvalue weighted by Gasteiger charge is 2.13.